The van der Waals surface area contributed by atoms with E-state index in [2.05, 4.69) is 36.8 Å². The maximum Gasteiger partial charge on any atom is 0.328 e. The van der Waals surface area contributed by atoms with Gasteiger partial charge >= 0.3 is 5.69 Å². The van der Waals surface area contributed by atoms with Gasteiger partial charge in [-0.05, 0) is 34.2 Å². The molecule has 0 unspecified atom stereocenters. The fraction of sp³-hybridized carbons (Fsp3) is 0.667. The number of rotatable bonds is 3. The first-order chi connectivity index (χ1) is 8.56. The molecule has 1 N–H and O–H groups in total. The minimum Gasteiger partial charge on any atom is -0.299 e. The zero-order valence-corrected chi connectivity index (χ0v) is 13.2. The molecule has 2 rings (SSSR count). The smallest absolute Gasteiger partial charge is 0.299 e. The highest BCUT2D eigenvalue weighted by Gasteiger charge is 2.31. The van der Waals surface area contributed by atoms with Crippen LogP contribution in [-0.4, -0.2) is 14.9 Å². The second kappa shape index (κ2) is 5.74. The second-order valence-corrected chi connectivity index (χ2v) is 6.47. The van der Waals surface area contributed by atoms with Gasteiger partial charge in [-0.3, -0.25) is 14.3 Å². The van der Waals surface area contributed by atoms with Gasteiger partial charge in [-0.15, -0.1) is 0 Å². The van der Waals surface area contributed by atoms with E-state index in [1.54, 1.807) is 10.8 Å². The Morgan fingerprint density at radius 3 is 2.56 bits per heavy atom. The van der Waals surface area contributed by atoms with Crippen molar-refractivity contribution in [2.24, 2.45) is 5.41 Å². The minimum absolute atomic E-state index is 0.139. The number of nitrogens with one attached hydrogen (secondary N) is 1. The van der Waals surface area contributed by atoms with E-state index in [0.29, 0.717) is 11.0 Å². The van der Waals surface area contributed by atoms with Gasteiger partial charge in [-0.1, -0.05) is 35.2 Å². The Balaban J connectivity index is 2.29. The van der Waals surface area contributed by atoms with Gasteiger partial charge < -0.3 is 0 Å². The first-order valence-electron chi connectivity index (χ1n) is 6.12. The van der Waals surface area contributed by atoms with Crippen LogP contribution in [0.5, 0.6) is 0 Å². The van der Waals surface area contributed by atoms with E-state index in [9.17, 15) is 9.59 Å². The highest BCUT2D eigenvalue weighted by Crippen LogP contribution is 2.39. The van der Waals surface area contributed by atoms with Crippen molar-refractivity contribution in [2.45, 2.75) is 38.6 Å². The lowest BCUT2D eigenvalue weighted by atomic mass is 9.75. The van der Waals surface area contributed by atoms with Crippen molar-refractivity contribution in [3.8, 4) is 0 Å². The van der Waals surface area contributed by atoms with Crippen LogP contribution < -0.4 is 11.2 Å². The van der Waals surface area contributed by atoms with Gasteiger partial charge in [-0.25, -0.2) is 4.79 Å². The molecule has 0 spiro atoms. The SMILES string of the molecule is O=c1[nH]c(=O)n(CC2(CBr)CCCCC2)cc1Br. The number of aromatic amines is 1. The number of hydrogen-bond donors (Lipinski definition) is 1. The normalized spacial score (nSPS) is 18.8. The van der Waals surface area contributed by atoms with Crippen molar-refractivity contribution in [3.63, 3.8) is 0 Å². The molecule has 1 aromatic heterocycles. The average Bonchev–Trinajstić information content (AvgIpc) is 2.37. The third kappa shape index (κ3) is 2.96. The molecule has 6 heteroatoms. The first-order valence-corrected chi connectivity index (χ1v) is 8.03. The van der Waals surface area contributed by atoms with E-state index < -0.39 is 0 Å². The van der Waals surface area contributed by atoms with E-state index in [-0.39, 0.29) is 16.7 Å². The molecule has 1 heterocycles. The predicted octanol–water partition coefficient (Wildman–Crippen LogP) is 2.64. The van der Waals surface area contributed by atoms with Gasteiger partial charge in [0, 0.05) is 18.1 Å². The number of H-pyrrole nitrogens is 1. The summed E-state index contributed by atoms with van der Waals surface area (Å²) in [6.45, 7) is 0.659. The maximum atomic E-state index is 11.8. The van der Waals surface area contributed by atoms with Gasteiger partial charge in [0.25, 0.3) is 5.56 Å². The van der Waals surface area contributed by atoms with Gasteiger partial charge in [0.15, 0.2) is 0 Å². The van der Waals surface area contributed by atoms with Crippen LogP contribution in [0.25, 0.3) is 0 Å². The molecule has 0 aromatic carbocycles. The Morgan fingerprint density at radius 2 is 1.94 bits per heavy atom. The van der Waals surface area contributed by atoms with E-state index >= 15 is 0 Å². The number of halogens is 2. The molecule has 0 radical (unpaired) electrons. The third-order valence-electron chi connectivity index (χ3n) is 3.67. The summed E-state index contributed by atoms with van der Waals surface area (Å²) in [6, 6.07) is 0. The highest BCUT2D eigenvalue weighted by molar-refractivity contribution is 9.10. The quantitative estimate of drug-likeness (QED) is 0.820. The van der Waals surface area contributed by atoms with Crippen molar-refractivity contribution in [1.29, 1.82) is 0 Å². The number of nitrogens with zero attached hydrogens (tertiary/aromatic N) is 1. The van der Waals surface area contributed by atoms with Crippen LogP contribution in [0.2, 0.25) is 0 Å². The minimum atomic E-state index is -0.368. The van der Waals surface area contributed by atoms with Crippen molar-refractivity contribution < 1.29 is 0 Å². The fourth-order valence-electron chi connectivity index (χ4n) is 2.60. The van der Waals surface area contributed by atoms with Crippen molar-refractivity contribution in [1.82, 2.24) is 9.55 Å². The summed E-state index contributed by atoms with van der Waals surface area (Å²) in [5.74, 6) is 0. The summed E-state index contributed by atoms with van der Waals surface area (Å²) in [5, 5.41) is 0.892. The fourth-order valence-corrected chi connectivity index (χ4v) is 3.68. The molecule has 1 aliphatic rings. The zero-order valence-electron chi connectivity index (χ0n) is 10.0. The lowest BCUT2D eigenvalue weighted by molar-refractivity contribution is 0.188. The Kier molecular flexibility index (Phi) is 4.48. The molecule has 0 amide bonds. The average molecular weight is 380 g/mol. The lowest BCUT2D eigenvalue weighted by Gasteiger charge is -2.36. The molecular formula is C12H16Br2N2O2. The monoisotopic (exact) mass is 378 g/mol. The van der Waals surface area contributed by atoms with E-state index in [0.717, 1.165) is 18.2 Å². The van der Waals surface area contributed by atoms with Crippen molar-refractivity contribution in [3.05, 3.63) is 31.5 Å². The molecule has 0 bridgehead atoms. The maximum absolute atomic E-state index is 11.8. The lowest BCUT2D eigenvalue weighted by Crippen LogP contribution is -2.38. The Morgan fingerprint density at radius 1 is 1.28 bits per heavy atom. The van der Waals surface area contributed by atoms with Gasteiger partial charge in [0.2, 0.25) is 0 Å². The standard InChI is InChI=1S/C12H16Br2N2O2/c13-7-12(4-2-1-3-5-12)8-16-6-9(14)10(17)15-11(16)18/h6H,1-5,7-8H2,(H,15,17,18). The van der Waals surface area contributed by atoms with Crippen molar-refractivity contribution in [2.75, 3.05) is 5.33 Å². The largest absolute Gasteiger partial charge is 0.328 e. The number of aromatic nitrogens is 2. The van der Waals surface area contributed by atoms with Gasteiger partial charge in [0.1, 0.15) is 0 Å². The molecule has 0 aliphatic heterocycles. The van der Waals surface area contributed by atoms with Crippen molar-refractivity contribution >= 4 is 31.9 Å². The van der Waals surface area contributed by atoms with Crippen LogP contribution in [-0.2, 0) is 6.54 Å². The Hall–Kier alpha value is -0.360. The molecular weight excluding hydrogens is 364 g/mol. The summed E-state index contributed by atoms with van der Waals surface area (Å²) in [6.07, 6.45) is 7.55. The summed E-state index contributed by atoms with van der Waals surface area (Å²) < 4.78 is 2.01. The van der Waals surface area contributed by atoms with Crippen LogP contribution in [0.1, 0.15) is 32.1 Å². The second-order valence-electron chi connectivity index (χ2n) is 5.06. The topological polar surface area (TPSA) is 54.9 Å². The summed E-state index contributed by atoms with van der Waals surface area (Å²) in [7, 11) is 0. The summed E-state index contributed by atoms with van der Waals surface area (Å²) in [4.78, 5) is 25.4. The van der Waals surface area contributed by atoms with Gasteiger partial charge in [-0.2, -0.15) is 0 Å². The third-order valence-corrected chi connectivity index (χ3v) is 5.43. The molecule has 18 heavy (non-hydrogen) atoms. The molecule has 1 saturated carbocycles. The van der Waals surface area contributed by atoms with E-state index in [4.69, 9.17) is 0 Å². The zero-order chi connectivity index (χ0) is 13.2. The number of hydrogen-bond acceptors (Lipinski definition) is 2. The Bertz CT molecular complexity index is 530. The molecule has 4 nitrogen and oxygen atoms in total. The molecule has 1 aromatic rings. The summed E-state index contributed by atoms with van der Waals surface area (Å²) in [5.41, 5.74) is -0.554. The van der Waals surface area contributed by atoms with Crippen LogP contribution in [0, 0.1) is 5.41 Å². The number of alkyl halides is 1. The van der Waals surface area contributed by atoms with Crippen LogP contribution in [0.4, 0.5) is 0 Å². The molecule has 1 aliphatic carbocycles. The molecule has 1 fully saturated rings. The molecule has 0 atom stereocenters. The first kappa shape index (κ1) is 14.1. The highest BCUT2D eigenvalue weighted by atomic mass is 79.9. The predicted molar refractivity (Wildman–Crippen MR) is 78.3 cm³/mol. The molecule has 0 saturated heterocycles. The summed E-state index contributed by atoms with van der Waals surface area (Å²) >= 11 is 6.75. The Labute approximate surface area is 122 Å². The van der Waals surface area contributed by atoms with E-state index in [1.807, 2.05) is 0 Å². The van der Waals surface area contributed by atoms with Crippen LogP contribution in [0.15, 0.2) is 20.3 Å². The van der Waals surface area contributed by atoms with Crippen LogP contribution in [0.3, 0.4) is 0 Å². The van der Waals surface area contributed by atoms with Gasteiger partial charge in [0.05, 0.1) is 4.47 Å². The van der Waals surface area contributed by atoms with Crippen LogP contribution >= 0.6 is 31.9 Å². The molecule has 100 valence electrons. The van der Waals surface area contributed by atoms with E-state index in [1.165, 1.54) is 19.3 Å².